The summed E-state index contributed by atoms with van der Waals surface area (Å²) in [6, 6.07) is 10.8. The molecular weight excluding hydrogens is 400 g/mol. The molecule has 3 nitrogen and oxygen atoms in total. The number of hydrogen-bond acceptors (Lipinski definition) is 3. The molecule has 0 atom stereocenters. The van der Waals surface area contributed by atoms with Crippen LogP contribution in [0.4, 0.5) is 26.3 Å². The zero-order valence-corrected chi connectivity index (χ0v) is 15.2. The second-order valence-corrected chi connectivity index (χ2v) is 6.87. The van der Waals surface area contributed by atoms with Gasteiger partial charge in [-0.1, -0.05) is 48.5 Å². The van der Waals surface area contributed by atoms with Gasteiger partial charge in [0.1, 0.15) is 0 Å². The largest absolute Gasteiger partial charge is 0.430 e. The Morgan fingerprint density at radius 1 is 0.759 bits per heavy atom. The fourth-order valence-electron chi connectivity index (χ4n) is 3.21. The van der Waals surface area contributed by atoms with Gasteiger partial charge in [0, 0.05) is 25.2 Å². The van der Waals surface area contributed by atoms with Crippen LogP contribution in [-0.2, 0) is 16.9 Å². The number of nitrogens with zero attached hydrogens (tertiary/aromatic N) is 1. The molecule has 0 aliphatic carbocycles. The van der Waals surface area contributed by atoms with Gasteiger partial charge in [-0.15, -0.1) is 0 Å². The molecule has 0 unspecified atom stereocenters. The van der Waals surface area contributed by atoms with Crippen molar-refractivity contribution in [2.24, 2.45) is 0 Å². The highest BCUT2D eigenvalue weighted by Gasteiger charge is 2.71. The van der Waals surface area contributed by atoms with E-state index in [2.05, 4.69) is 4.90 Å². The maximum absolute atomic E-state index is 13.0. The lowest BCUT2D eigenvalue weighted by atomic mass is 9.90. The Morgan fingerprint density at radius 3 is 1.66 bits per heavy atom. The lowest BCUT2D eigenvalue weighted by Crippen LogP contribution is -2.53. The first kappa shape index (κ1) is 21.6. The minimum absolute atomic E-state index is 0.443. The van der Waals surface area contributed by atoms with Crippen LogP contribution in [0.1, 0.15) is 11.1 Å². The van der Waals surface area contributed by atoms with Crippen molar-refractivity contribution >= 4 is 0 Å². The molecule has 3 rings (SSSR count). The summed E-state index contributed by atoms with van der Waals surface area (Å²) in [6.07, 6.45) is -11.8. The van der Waals surface area contributed by atoms with Crippen molar-refractivity contribution in [3.63, 3.8) is 0 Å². The first-order valence-corrected chi connectivity index (χ1v) is 8.88. The number of morpholine rings is 1. The van der Waals surface area contributed by atoms with Gasteiger partial charge in [0.25, 0.3) is 5.60 Å². The van der Waals surface area contributed by atoms with Gasteiger partial charge >= 0.3 is 12.4 Å². The molecule has 2 aromatic carbocycles. The van der Waals surface area contributed by atoms with E-state index < -0.39 is 23.5 Å². The zero-order valence-electron chi connectivity index (χ0n) is 15.2. The van der Waals surface area contributed by atoms with E-state index in [1.807, 2.05) is 12.1 Å². The van der Waals surface area contributed by atoms with Crippen LogP contribution in [0, 0.1) is 0 Å². The topological polar surface area (TPSA) is 32.7 Å². The molecule has 1 saturated heterocycles. The third kappa shape index (κ3) is 4.41. The van der Waals surface area contributed by atoms with Crippen LogP contribution < -0.4 is 0 Å². The molecule has 0 amide bonds. The van der Waals surface area contributed by atoms with Gasteiger partial charge in [-0.2, -0.15) is 26.3 Å². The Kier molecular flexibility index (Phi) is 5.93. The third-order valence-corrected chi connectivity index (χ3v) is 4.92. The van der Waals surface area contributed by atoms with E-state index in [1.165, 1.54) is 0 Å². The van der Waals surface area contributed by atoms with E-state index in [9.17, 15) is 31.4 Å². The SMILES string of the molecule is OC(c1ccc(-c2ccc(CN3CCOCC3)cc2)cc1)(C(F)(F)F)C(F)(F)F. The number of ether oxygens (including phenoxy) is 1. The monoisotopic (exact) mass is 419 g/mol. The average Bonchev–Trinajstić information content (AvgIpc) is 2.67. The van der Waals surface area contributed by atoms with Crippen LogP contribution in [-0.4, -0.2) is 48.7 Å². The molecule has 1 aliphatic rings. The van der Waals surface area contributed by atoms with Gasteiger partial charge in [-0.3, -0.25) is 4.90 Å². The Balaban J connectivity index is 1.79. The molecule has 158 valence electrons. The fraction of sp³-hybridized carbons (Fsp3) is 0.400. The molecule has 0 radical (unpaired) electrons. The lowest BCUT2D eigenvalue weighted by Gasteiger charge is -2.32. The van der Waals surface area contributed by atoms with E-state index in [0.29, 0.717) is 36.5 Å². The molecule has 9 heteroatoms. The number of aliphatic hydroxyl groups is 1. The van der Waals surface area contributed by atoms with E-state index in [4.69, 9.17) is 4.74 Å². The van der Waals surface area contributed by atoms with E-state index in [-0.39, 0.29) is 0 Å². The van der Waals surface area contributed by atoms with Crippen LogP contribution in [0.25, 0.3) is 11.1 Å². The normalized spacial score (nSPS) is 16.8. The van der Waals surface area contributed by atoms with Crippen molar-refractivity contribution in [1.29, 1.82) is 0 Å². The highest BCUT2D eigenvalue weighted by Crippen LogP contribution is 2.50. The minimum atomic E-state index is -5.89. The van der Waals surface area contributed by atoms with Gasteiger partial charge in [0.2, 0.25) is 0 Å². The Hall–Kier alpha value is -2.10. The van der Waals surface area contributed by atoms with E-state index in [0.717, 1.165) is 37.3 Å². The number of rotatable bonds is 4. The first-order chi connectivity index (χ1) is 13.5. The summed E-state index contributed by atoms with van der Waals surface area (Å²) >= 11 is 0. The van der Waals surface area contributed by atoms with Crippen LogP contribution in [0.5, 0.6) is 0 Å². The molecule has 0 bridgehead atoms. The van der Waals surface area contributed by atoms with Gasteiger partial charge in [-0.05, 0) is 16.7 Å². The highest BCUT2D eigenvalue weighted by atomic mass is 19.4. The smallest absolute Gasteiger partial charge is 0.379 e. The van der Waals surface area contributed by atoms with Crippen LogP contribution in [0.3, 0.4) is 0 Å². The number of benzene rings is 2. The zero-order chi connectivity index (χ0) is 21.3. The summed E-state index contributed by atoms with van der Waals surface area (Å²) in [4.78, 5) is 2.22. The van der Waals surface area contributed by atoms with Gasteiger partial charge in [-0.25, -0.2) is 0 Å². The molecule has 1 aliphatic heterocycles. The van der Waals surface area contributed by atoms with Crippen molar-refractivity contribution in [2.75, 3.05) is 26.3 Å². The molecule has 0 saturated carbocycles. The van der Waals surface area contributed by atoms with Gasteiger partial charge < -0.3 is 9.84 Å². The van der Waals surface area contributed by atoms with Crippen LogP contribution in [0.2, 0.25) is 0 Å². The average molecular weight is 419 g/mol. The quantitative estimate of drug-likeness (QED) is 0.741. The van der Waals surface area contributed by atoms with Crippen molar-refractivity contribution in [1.82, 2.24) is 4.90 Å². The minimum Gasteiger partial charge on any atom is -0.379 e. The molecular formula is C20H19F6NO2. The van der Waals surface area contributed by atoms with Gasteiger partial charge in [0.15, 0.2) is 0 Å². The van der Waals surface area contributed by atoms with Crippen molar-refractivity contribution < 1.29 is 36.2 Å². The van der Waals surface area contributed by atoms with Crippen molar-refractivity contribution in [3.8, 4) is 11.1 Å². The van der Waals surface area contributed by atoms with Crippen LogP contribution in [0.15, 0.2) is 48.5 Å². The first-order valence-electron chi connectivity index (χ1n) is 8.88. The molecule has 1 fully saturated rings. The molecule has 29 heavy (non-hydrogen) atoms. The fourth-order valence-corrected chi connectivity index (χ4v) is 3.21. The summed E-state index contributed by atoms with van der Waals surface area (Å²) in [7, 11) is 0. The summed E-state index contributed by atoms with van der Waals surface area (Å²) in [5, 5.41) is 9.45. The Morgan fingerprint density at radius 2 is 1.21 bits per heavy atom. The summed E-state index contributed by atoms with van der Waals surface area (Å²) < 4.78 is 83.1. The molecule has 1 N–H and O–H groups in total. The standard InChI is InChI=1S/C20H19F6NO2/c21-19(22,23)18(28,20(24,25)26)17-7-5-16(6-8-17)15-3-1-14(2-4-15)13-27-9-11-29-12-10-27/h1-8,28H,9-13H2. The maximum Gasteiger partial charge on any atom is 0.430 e. The number of halogens is 6. The maximum atomic E-state index is 13.0. The Bertz CT molecular complexity index is 795. The second-order valence-electron chi connectivity index (χ2n) is 6.87. The predicted molar refractivity (Wildman–Crippen MR) is 94.0 cm³/mol. The van der Waals surface area contributed by atoms with E-state index in [1.54, 1.807) is 12.1 Å². The lowest BCUT2D eigenvalue weighted by molar-refractivity contribution is -0.376. The number of hydrogen-bond donors (Lipinski definition) is 1. The summed E-state index contributed by atoms with van der Waals surface area (Å²) in [5.41, 5.74) is -4.07. The summed E-state index contributed by atoms with van der Waals surface area (Å²) in [5.74, 6) is 0. The third-order valence-electron chi connectivity index (χ3n) is 4.92. The summed E-state index contributed by atoms with van der Waals surface area (Å²) in [6.45, 7) is 3.72. The molecule has 1 heterocycles. The molecule has 0 spiro atoms. The predicted octanol–water partition coefficient (Wildman–Crippen LogP) is 4.50. The van der Waals surface area contributed by atoms with Crippen molar-refractivity contribution in [3.05, 3.63) is 59.7 Å². The molecule has 0 aromatic heterocycles. The highest BCUT2D eigenvalue weighted by molar-refractivity contribution is 5.64. The van der Waals surface area contributed by atoms with Crippen molar-refractivity contribution in [2.45, 2.75) is 24.5 Å². The molecule has 2 aromatic rings. The Labute approximate surface area is 163 Å². The van der Waals surface area contributed by atoms with E-state index >= 15 is 0 Å². The van der Waals surface area contributed by atoms with Crippen LogP contribution >= 0.6 is 0 Å². The van der Waals surface area contributed by atoms with Gasteiger partial charge in [0.05, 0.1) is 13.2 Å². The number of alkyl halides is 6. The second kappa shape index (κ2) is 7.97.